The van der Waals surface area contributed by atoms with E-state index in [0.29, 0.717) is 11.5 Å². The molecule has 0 aromatic heterocycles. The number of piperazine rings is 1. The second-order valence-electron chi connectivity index (χ2n) is 7.02. The summed E-state index contributed by atoms with van der Waals surface area (Å²) in [6.07, 6.45) is 0. The third kappa shape index (κ3) is 5.77. The smallest absolute Gasteiger partial charge is 0.242 e. The van der Waals surface area contributed by atoms with E-state index in [9.17, 15) is 8.42 Å². The highest BCUT2D eigenvalue weighted by Gasteiger charge is 2.21. The molecule has 2 N–H and O–H groups in total. The molecule has 2 aromatic rings. The van der Waals surface area contributed by atoms with Gasteiger partial charge in [-0.15, -0.1) is 24.0 Å². The fraction of sp³-hybridized carbons (Fsp3) is 0.350. The lowest BCUT2D eigenvalue weighted by molar-refractivity contribution is 0.380. The van der Waals surface area contributed by atoms with E-state index in [1.54, 1.807) is 24.3 Å². The van der Waals surface area contributed by atoms with Crippen molar-refractivity contribution in [3.8, 4) is 0 Å². The lowest BCUT2D eigenvalue weighted by atomic mass is 10.2. The van der Waals surface area contributed by atoms with Gasteiger partial charge in [0.25, 0.3) is 0 Å². The summed E-state index contributed by atoms with van der Waals surface area (Å²) in [7, 11) is -0.492. The maximum atomic E-state index is 12.5. The molecule has 0 bridgehead atoms. The third-order valence-corrected chi connectivity index (χ3v) is 7.11. The summed E-state index contributed by atoms with van der Waals surface area (Å²) < 4.78 is 26.2. The highest BCUT2D eigenvalue weighted by atomic mass is 127. The Morgan fingerprint density at radius 3 is 2.27 bits per heavy atom. The first-order chi connectivity index (χ1) is 13.8. The Balaban J connectivity index is 0.00000320. The van der Waals surface area contributed by atoms with Crippen molar-refractivity contribution in [3.63, 3.8) is 0 Å². The van der Waals surface area contributed by atoms with Gasteiger partial charge in [0.05, 0.1) is 11.4 Å². The maximum Gasteiger partial charge on any atom is 0.242 e. The molecule has 1 saturated heterocycles. The number of hydrogen-bond donors (Lipinski definition) is 1. The van der Waals surface area contributed by atoms with Crippen LogP contribution in [-0.4, -0.2) is 63.9 Å². The van der Waals surface area contributed by atoms with Gasteiger partial charge in [-0.1, -0.05) is 29.8 Å². The Hall–Kier alpha value is -1.56. The van der Waals surface area contributed by atoms with E-state index in [4.69, 9.17) is 17.3 Å². The zero-order valence-corrected chi connectivity index (χ0v) is 20.9. The van der Waals surface area contributed by atoms with Gasteiger partial charge < -0.3 is 15.5 Å². The molecule has 164 valence electrons. The zero-order valence-electron chi connectivity index (χ0n) is 17.0. The standard InChI is InChI=1S/C20H26ClN5O2S.HI/c1-24(2)29(27,28)19-6-4-3-5-16(19)15-23-20(22)26-13-11-25(12-14-26)18-9-7-17(21)8-10-18;/h3-10H,11-15H2,1-2H3,(H2,22,23);1H. The van der Waals surface area contributed by atoms with Crippen LogP contribution in [0.25, 0.3) is 0 Å². The highest BCUT2D eigenvalue weighted by molar-refractivity contribution is 14.0. The number of sulfonamides is 1. The average molecular weight is 564 g/mol. The van der Waals surface area contributed by atoms with Gasteiger partial charge in [0, 0.05) is 51.0 Å². The van der Waals surface area contributed by atoms with Gasteiger partial charge in [0.15, 0.2) is 5.96 Å². The molecule has 7 nitrogen and oxygen atoms in total. The number of anilines is 1. The Morgan fingerprint density at radius 1 is 1.07 bits per heavy atom. The van der Waals surface area contributed by atoms with Crippen LogP contribution < -0.4 is 10.6 Å². The Labute approximate surface area is 200 Å². The molecular formula is C20H27ClIN5O2S. The molecule has 0 unspecified atom stereocenters. The van der Waals surface area contributed by atoms with Crippen LogP contribution in [0.5, 0.6) is 0 Å². The Kier molecular flexibility index (Phi) is 8.77. The summed E-state index contributed by atoms with van der Waals surface area (Å²) >= 11 is 5.96. The summed E-state index contributed by atoms with van der Waals surface area (Å²) in [5, 5.41) is 0.723. The van der Waals surface area contributed by atoms with E-state index in [2.05, 4.69) is 9.89 Å². The van der Waals surface area contributed by atoms with Crippen molar-refractivity contribution < 1.29 is 8.42 Å². The van der Waals surface area contributed by atoms with Crippen LogP contribution in [0.1, 0.15) is 5.56 Å². The predicted octanol–water partition coefficient (Wildman–Crippen LogP) is 2.85. The first kappa shape index (κ1) is 24.7. The molecule has 10 heteroatoms. The molecule has 0 saturated carbocycles. The van der Waals surface area contributed by atoms with Crippen LogP contribution in [0, 0.1) is 0 Å². The van der Waals surface area contributed by atoms with Crippen molar-refractivity contribution in [1.82, 2.24) is 9.21 Å². The number of benzene rings is 2. The first-order valence-corrected chi connectivity index (χ1v) is 11.2. The molecule has 30 heavy (non-hydrogen) atoms. The summed E-state index contributed by atoms with van der Waals surface area (Å²) in [6, 6.07) is 14.7. The minimum atomic E-state index is -3.53. The molecule has 0 aliphatic carbocycles. The number of guanidine groups is 1. The van der Waals surface area contributed by atoms with E-state index < -0.39 is 10.0 Å². The van der Waals surface area contributed by atoms with Crippen molar-refractivity contribution in [1.29, 1.82) is 0 Å². The van der Waals surface area contributed by atoms with Crippen LogP contribution in [0.2, 0.25) is 5.02 Å². The largest absolute Gasteiger partial charge is 0.370 e. The molecule has 0 amide bonds. The van der Waals surface area contributed by atoms with Gasteiger partial charge in [-0.05, 0) is 35.9 Å². The van der Waals surface area contributed by atoms with E-state index in [1.807, 2.05) is 29.2 Å². The third-order valence-electron chi connectivity index (χ3n) is 4.94. The van der Waals surface area contributed by atoms with Crippen LogP contribution in [0.4, 0.5) is 5.69 Å². The van der Waals surface area contributed by atoms with Crippen molar-refractivity contribution >= 4 is 57.2 Å². The number of halogens is 2. The first-order valence-electron chi connectivity index (χ1n) is 9.35. The summed E-state index contributed by atoms with van der Waals surface area (Å²) in [5.74, 6) is 0.429. The average Bonchev–Trinajstić information content (AvgIpc) is 2.73. The highest BCUT2D eigenvalue weighted by Crippen LogP contribution is 2.21. The molecule has 2 aromatic carbocycles. The number of hydrogen-bond acceptors (Lipinski definition) is 4. The van der Waals surface area contributed by atoms with Crippen LogP contribution in [0.15, 0.2) is 58.4 Å². The van der Waals surface area contributed by atoms with Gasteiger partial charge in [0.1, 0.15) is 0 Å². The Morgan fingerprint density at radius 2 is 1.67 bits per heavy atom. The van der Waals surface area contributed by atoms with Gasteiger partial charge >= 0.3 is 0 Å². The number of rotatable bonds is 5. The minimum absolute atomic E-state index is 0. The number of nitrogens with two attached hydrogens (primary N) is 1. The van der Waals surface area contributed by atoms with Crippen molar-refractivity contribution in [2.75, 3.05) is 45.2 Å². The quantitative estimate of drug-likeness (QED) is 0.344. The number of nitrogens with zero attached hydrogens (tertiary/aromatic N) is 4. The van der Waals surface area contributed by atoms with Crippen molar-refractivity contribution in [2.45, 2.75) is 11.4 Å². The maximum absolute atomic E-state index is 12.5. The summed E-state index contributed by atoms with van der Waals surface area (Å²) in [6.45, 7) is 3.35. The van der Waals surface area contributed by atoms with Gasteiger partial charge in [-0.2, -0.15) is 0 Å². The molecule has 3 rings (SSSR count). The SMILES string of the molecule is CN(C)S(=O)(=O)c1ccccc1CN=C(N)N1CCN(c2ccc(Cl)cc2)CC1.I. The fourth-order valence-corrected chi connectivity index (χ4v) is 4.43. The molecule has 1 aliphatic rings. The van der Waals surface area contributed by atoms with E-state index in [0.717, 1.165) is 36.9 Å². The fourth-order valence-electron chi connectivity index (χ4n) is 3.19. The van der Waals surface area contributed by atoms with Crippen LogP contribution >= 0.6 is 35.6 Å². The molecule has 0 atom stereocenters. The second-order valence-corrected chi connectivity index (χ2v) is 9.58. The summed E-state index contributed by atoms with van der Waals surface area (Å²) in [4.78, 5) is 9.02. The zero-order chi connectivity index (χ0) is 21.0. The predicted molar refractivity (Wildman–Crippen MR) is 133 cm³/mol. The molecule has 1 aliphatic heterocycles. The topological polar surface area (TPSA) is 82.2 Å². The van der Waals surface area contributed by atoms with Gasteiger partial charge in [-0.3, -0.25) is 0 Å². The van der Waals surface area contributed by atoms with E-state index in [1.165, 1.54) is 18.4 Å². The van der Waals surface area contributed by atoms with E-state index >= 15 is 0 Å². The van der Waals surface area contributed by atoms with E-state index in [-0.39, 0.29) is 35.4 Å². The molecular weight excluding hydrogens is 537 g/mol. The lowest BCUT2D eigenvalue weighted by Gasteiger charge is -2.36. The molecule has 1 fully saturated rings. The number of aliphatic imine (C=N–C) groups is 1. The van der Waals surface area contributed by atoms with Crippen molar-refractivity contribution in [3.05, 3.63) is 59.1 Å². The summed E-state index contributed by atoms with van der Waals surface area (Å²) in [5.41, 5.74) is 7.96. The second kappa shape index (κ2) is 10.7. The van der Waals surface area contributed by atoms with Crippen molar-refractivity contribution in [2.24, 2.45) is 10.7 Å². The monoisotopic (exact) mass is 563 g/mol. The Bertz CT molecular complexity index is 975. The lowest BCUT2D eigenvalue weighted by Crippen LogP contribution is -2.51. The normalized spacial score (nSPS) is 15.3. The van der Waals surface area contributed by atoms with Gasteiger partial charge in [-0.25, -0.2) is 17.7 Å². The minimum Gasteiger partial charge on any atom is -0.370 e. The van der Waals surface area contributed by atoms with Crippen LogP contribution in [-0.2, 0) is 16.6 Å². The van der Waals surface area contributed by atoms with Gasteiger partial charge in [0.2, 0.25) is 10.0 Å². The molecule has 1 heterocycles. The molecule has 0 spiro atoms. The van der Waals surface area contributed by atoms with Crippen LogP contribution in [0.3, 0.4) is 0 Å². The molecule has 0 radical (unpaired) electrons.